The fourth-order valence-corrected chi connectivity index (χ4v) is 3.33. The van der Waals surface area contributed by atoms with E-state index in [1.807, 2.05) is 22.9 Å². The molecule has 0 saturated carbocycles. The van der Waals surface area contributed by atoms with Gasteiger partial charge in [0.2, 0.25) is 0 Å². The summed E-state index contributed by atoms with van der Waals surface area (Å²) in [6.45, 7) is 1.66. The van der Waals surface area contributed by atoms with Gasteiger partial charge in [0.15, 0.2) is 5.82 Å². The zero-order valence-corrected chi connectivity index (χ0v) is 16.1. The first kappa shape index (κ1) is 18.8. The summed E-state index contributed by atoms with van der Waals surface area (Å²) >= 11 is 0. The Morgan fingerprint density at radius 1 is 1.07 bits per heavy atom. The summed E-state index contributed by atoms with van der Waals surface area (Å²) in [7, 11) is 1.31. The van der Waals surface area contributed by atoms with Crippen LogP contribution in [0.5, 0.6) is 0 Å². The molecule has 1 amide bonds. The smallest absolute Gasteiger partial charge is 0.339 e. The van der Waals surface area contributed by atoms with Gasteiger partial charge in [0.1, 0.15) is 11.5 Å². The van der Waals surface area contributed by atoms with E-state index in [9.17, 15) is 9.59 Å². The molecule has 0 spiro atoms. The van der Waals surface area contributed by atoms with Crippen LogP contribution in [0.25, 0.3) is 0 Å². The molecule has 0 saturated heterocycles. The molecule has 4 rings (SSSR count). The summed E-state index contributed by atoms with van der Waals surface area (Å²) in [5, 5.41) is 4.61. The largest absolute Gasteiger partial charge is 0.465 e. The van der Waals surface area contributed by atoms with E-state index in [0.29, 0.717) is 43.7 Å². The van der Waals surface area contributed by atoms with E-state index >= 15 is 0 Å². The number of esters is 1. The van der Waals surface area contributed by atoms with Crippen LogP contribution in [-0.2, 0) is 24.1 Å². The minimum Gasteiger partial charge on any atom is -0.465 e. The number of benzene rings is 1. The molecule has 0 atom stereocenters. The fraction of sp³-hybridized carbons (Fsp3) is 0.286. The number of rotatable bonds is 4. The fourth-order valence-electron chi connectivity index (χ4n) is 3.33. The number of carbonyl (C=O) groups excluding carboxylic acids is 2. The van der Waals surface area contributed by atoms with Gasteiger partial charge in [0, 0.05) is 32.1 Å². The molecule has 29 heavy (non-hydrogen) atoms. The molecule has 3 heterocycles. The summed E-state index contributed by atoms with van der Waals surface area (Å²) in [4.78, 5) is 34.8. The zero-order chi connectivity index (χ0) is 20.2. The molecule has 0 radical (unpaired) electrons. The predicted octanol–water partition coefficient (Wildman–Crippen LogP) is 1.75. The van der Waals surface area contributed by atoms with E-state index in [0.717, 1.165) is 11.6 Å². The third-order valence-corrected chi connectivity index (χ3v) is 4.88. The Labute approximate surface area is 168 Å². The van der Waals surface area contributed by atoms with Crippen LogP contribution < -0.4 is 0 Å². The summed E-state index contributed by atoms with van der Waals surface area (Å²) in [5.74, 6) is 1.04. The molecule has 148 valence electrons. The van der Waals surface area contributed by atoms with Crippen molar-refractivity contribution in [1.29, 1.82) is 0 Å². The number of ether oxygens (including phenoxy) is 1. The number of hydrogen-bond acceptors (Lipinski definition) is 6. The van der Waals surface area contributed by atoms with Crippen LogP contribution in [0.4, 0.5) is 0 Å². The van der Waals surface area contributed by atoms with Crippen LogP contribution in [0.1, 0.15) is 38.1 Å². The minimum absolute atomic E-state index is 0.170. The Hall–Kier alpha value is -3.55. The van der Waals surface area contributed by atoms with E-state index in [2.05, 4.69) is 31.9 Å². The Kier molecular flexibility index (Phi) is 5.33. The lowest BCUT2D eigenvalue weighted by Gasteiger charge is -2.19. The topological polar surface area (TPSA) is 90.2 Å². The van der Waals surface area contributed by atoms with Gasteiger partial charge in [-0.15, -0.1) is 0 Å². The van der Waals surface area contributed by atoms with Crippen molar-refractivity contribution in [3.8, 4) is 0 Å². The van der Waals surface area contributed by atoms with Crippen LogP contribution >= 0.6 is 0 Å². The van der Waals surface area contributed by atoms with Crippen molar-refractivity contribution in [3.05, 3.63) is 77.1 Å². The molecule has 3 aromatic rings. The number of carbonyl (C=O) groups is 2. The number of methoxy groups -OCH3 is 1. The van der Waals surface area contributed by atoms with E-state index in [1.165, 1.54) is 18.9 Å². The van der Waals surface area contributed by atoms with Crippen molar-refractivity contribution in [3.63, 3.8) is 0 Å². The maximum absolute atomic E-state index is 12.8. The van der Waals surface area contributed by atoms with Gasteiger partial charge in [-0.3, -0.25) is 9.78 Å². The summed E-state index contributed by atoms with van der Waals surface area (Å²) in [6.07, 6.45) is 2.69. The first-order valence-electron chi connectivity index (χ1n) is 9.44. The van der Waals surface area contributed by atoms with Crippen LogP contribution in [0, 0.1) is 0 Å². The molecule has 0 bridgehead atoms. The minimum atomic E-state index is -0.478. The maximum atomic E-state index is 12.8. The average molecular weight is 391 g/mol. The first-order valence-corrected chi connectivity index (χ1v) is 9.44. The number of fused-ring (bicyclic) bond motifs is 1. The highest BCUT2D eigenvalue weighted by atomic mass is 16.5. The van der Waals surface area contributed by atoms with Gasteiger partial charge < -0.3 is 9.64 Å². The van der Waals surface area contributed by atoms with Gasteiger partial charge >= 0.3 is 5.97 Å². The van der Waals surface area contributed by atoms with Gasteiger partial charge in [-0.1, -0.05) is 30.3 Å². The van der Waals surface area contributed by atoms with E-state index in [-0.39, 0.29) is 5.91 Å². The molecule has 1 aromatic carbocycles. The van der Waals surface area contributed by atoms with Crippen molar-refractivity contribution >= 4 is 11.9 Å². The highest BCUT2D eigenvalue weighted by Gasteiger charge is 2.23. The Balaban J connectivity index is 1.41. The van der Waals surface area contributed by atoms with Crippen molar-refractivity contribution in [1.82, 2.24) is 24.6 Å². The standard InChI is InChI=1S/C21H21N5O3/c1-29-21(28)16-7-8-17(22-14-16)20(27)25-10-9-19-23-18(24-26(19)12-11-25)13-15-5-3-2-4-6-15/h2-8,14H,9-13H2,1H3. The van der Waals surface area contributed by atoms with Crippen molar-refractivity contribution in [2.45, 2.75) is 19.4 Å². The molecule has 1 aliphatic heterocycles. The van der Waals surface area contributed by atoms with Gasteiger partial charge in [0.05, 0.1) is 19.2 Å². The maximum Gasteiger partial charge on any atom is 0.339 e. The van der Waals surface area contributed by atoms with Crippen molar-refractivity contribution in [2.24, 2.45) is 0 Å². The van der Waals surface area contributed by atoms with Gasteiger partial charge in [-0.25, -0.2) is 14.5 Å². The lowest BCUT2D eigenvalue weighted by molar-refractivity contribution is 0.0599. The number of pyridine rings is 1. The second-order valence-electron chi connectivity index (χ2n) is 6.80. The second kappa shape index (κ2) is 8.22. The number of amides is 1. The first-order chi connectivity index (χ1) is 14.1. The SMILES string of the molecule is COC(=O)c1ccc(C(=O)N2CCc3nc(Cc4ccccc4)nn3CC2)nc1. The quantitative estimate of drug-likeness (QED) is 0.630. The van der Waals surface area contributed by atoms with Crippen LogP contribution in [0.3, 0.4) is 0 Å². The van der Waals surface area contributed by atoms with Gasteiger partial charge in [-0.05, 0) is 17.7 Å². The van der Waals surface area contributed by atoms with Crippen molar-refractivity contribution < 1.29 is 14.3 Å². The summed E-state index contributed by atoms with van der Waals surface area (Å²) in [5.41, 5.74) is 1.79. The molecule has 8 nitrogen and oxygen atoms in total. The number of hydrogen-bond donors (Lipinski definition) is 0. The van der Waals surface area contributed by atoms with E-state index < -0.39 is 5.97 Å². The second-order valence-corrected chi connectivity index (χ2v) is 6.80. The van der Waals surface area contributed by atoms with Gasteiger partial charge in [-0.2, -0.15) is 5.10 Å². The summed E-state index contributed by atoms with van der Waals surface area (Å²) in [6, 6.07) is 13.2. The molecule has 0 fully saturated rings. The van der Waals surface area contributed by atoms with E-state index in [4.69, 9.17) is 0 Å². The normalized spacial score (nSPS) is 13.5. The molecule has 0 unspecified atom stereocenters. The Morgan fingerprint density at radius 3 is 2.62 bits per heavy atom. The Bertz CT molecular complexity index is 989. The molecule has 1 aliphatic rings. The number of aromatic nitrogens is 4. The molecule has 0 aliphatic carbocycles. The number of nitrogens with zero attached hydrogens (tertiary/aromatic N) is 5. The molecular weight excluding hydrogens is 370 g/mol. The van der Waals surface area contributed by atoms with Crippen LogP contribution in [0.2, 0.25) is 0 Å². The average Bonchev–Trinajstić information content (AvgIpc) is 3.04. The predicted molar refractivity (Wildman–Crippen MR) is 104 cm³/mol. The highest BCUT2D eigenvalue weighted by Crippen LogP contribution is 2.13. The van der Waals surface area contributed by atoms with Crippen LogP contribution in [-0.4, -0.2) is 56.7 Å². The lowest BCUT2D eigenvalue weighted by Crippen LogP contribution is -2.34. The molecular formula is C21H21N5O3. The van der Waals surface area contributed by atoms with E-state index in [1.54, 1.807) is 17.0 Å². The summed E-state index contributed by atoms with van der Waals surface area (Å²) < 4.78 is 6.54. The third-order valence-electron chi connectivity index (χ3n) is 4.88. The molecule has 8 heteroatoms. The molecule has 2 aromatic heterocycles. The third kappa shape index (κ3) is 4.16. The molecule has 0 N–H and O–H groups in total. The monoisotopic (exact) mass is 391 g/mol. The Morgan fingerprint density at radius 2 is 1.90 bits per heavy atom. The highest BCUT2D eigenvalue weighted by molar-refractivity contribution is 5.94. The zero-order valence-electron chi connectivity index (χ0n) is 16.1. The lowest BCUT2D eigenvalue weighted by atomic mass is 10.1. The van der Waals surface area contributed by atoms with Crippen LogP contribution in [0.15, 0.2) is 48.7 Å². The van der Waals surface area contributed by atoms with Crippen molar-refractivity contribution in [2.75, 3.05) is 20.2 Å². The van der Waals surface area contributed by atoms with Gasteiger partial charge in [0.25, 0.3) is 5.91 Å².